The van der Waals surface area contributed by atoms with Crippen LogP contribution in [0.3, 0.4) is 0 Å². The maximum Gasteiger partial charge on any atom is 0.251 e. The van der Waals surface area contributed by atoms with Crippen LogP contribution in [0.5, 0.6) is 0 Å². The molecule has 106 valence electrons. The summed E-state index contributed by atoms with van der Waals surface area (Å²) >= 11 is 0. The van der Waals surface area contributed by atoms with Crippen LogP contribution in [0, 0.1) is 0 Å². The lowest BCUT2D eigenvalue weighted by Gasteiger charge is -2.24. The third kappa shape index (κ3) is 5.83. The van der Waals surface area contributed by atoms with E-state index in [0.29, 0.717) is 6.61 Å². The molecule has 0 aromatic carbocycles. The summed E-state index contributed by atoms with van der Waals surface area (Å²) < 4.78 is 5.59. The van der Waals surface area contributed by atoms with E-state index < -0.39 is 0 Å². The number of carbonyl (C=O) groups is 1. The monoisotopic (exact) mass is 256 g/mol. The van der Waals surface area contributed by atoms with Crippen molar-refractivity contribution >= 4 is 5.91 Å². The van der Waals surface area contributed by atoms with Gasteiger partial charge in [0.05, 0.1) is 6.61 Å². The van der Waals surface area contributed by atoms with Gasteiger partial charge in [0.1, 0.15) is 6.10 Å². The Morgan fingerprint density at radius 1 is 1.22 bits per heavy atom. The van der Waals surface area contributed by atoms with E-state index in [-0.39, 0.29) is 12.0 Å². The molecule has 1 unspecified atom stereocenters. The van der Waals surface area contributed by atoms with Gasteiger partial charge in [0.15, 0.2) is 0 Å². The van der Waals surface area contributed by atoms with E-state index in [1.165, 1.54) is 12.8 Å². The third-order valence-corrected chi connectivity index (χ3v) is 3.34. The predicted octanol–water partition coefficient (Wildman–Crippen LogP) is 1.79. The van der Waals surface area contributed by atoms with Gasteiger partial charge in [-0.15, -0.1) is 0 Å². The molecule has 4 heteroatoms. The van der Waals surface area contributed by atoms with Gasteiger partial charge < -0.3 is 15.0 Å². The molecule has 1 fully saturated rings. The van der Waals surface area contributed by atoms with Crippen molar-refractivity contribution in [2.24, 2.45) is 0 Å². The third-order valence-electron chi connectivity index (χ3n) is 3.34. The maximum absolute atomic E-state index is 12.2. The number of nitrogens with zero attached hydrogens (tertiary/aromatic N) is 1. The van der Waals surface area contributed by atoms with Crippen LogP contribution in [-0.4, -0.2) is 49.7 Å². The minimum absolute atomic E-state index is 0.160. The fraction of sp³-hybridized carbons (Fsp3) is 0.929. The first kappa shape index (κ1) is 15.4. The zero-order chi connectivity index (χ0) is 13.2. The summed E-state index contributed by atoms with van der Waals surface area (Å²) in [5.74, 6) is 0.160. The first-order valence-electron chi connectivity index (χ1n) is 7.36. The number of hydrogen-bond donors (Lipinski definition) is 1. The maximum atomic E-state index is 12.2. The van der Waals surface area contributed by atoms with Crippen LogP contribution in [0.25, 0.3) is 0 Å². The number of rotatable bonds is 7. The number of amides is 1. The number of nitrogens with one attached hydrogen (secondary N) is 1. The van der Waals surface area contributed by atoms with Gasteiger partial charge in [0.25, 0.3) is 5.91 Å². The molecule has 1 amide bonds. The molecule has 0 saturated carbocycles. The van der Waals surface area contributed by atoms with Crippen molar-refractivity contribution in [1.82, 2.24) is 10.2 Å². The first-order valence-corrected chi connectivity index (χ1v) is 7.36. The molecule has 0 aromatic rings. The SMILES string of the molecule is CCCNCCOC(C)C(=O)N1CCCCCC1. The highest BCUT2D eigenvalue weighted by Crippen LogP contribution is 2.11. The zero-order valence-corrected chi connectivity index (χ0v) is 11.9. The van der Waals surface area contributed by atoms with Crippen molar-refractivity contribution in [2.75, 3.05) is 32.8 Å². The van der Waals surface area contributed by atoms with Crippen molar-refractivity contribution in [3.05, 3.63) is 0 Å². The molecule has 1 N–H and O–H groups in total. The number of carbonyl (C=O) groups excluding carboxylic acids is 1. The normalized spacial score (nSPS) is 18.4. The molecule has 0 spiro atoms. The van der Waals surface area contributed by atoms with Gasteiger partial charge in [-0.05, 0) is 32.7 Å². The smallest absolute Gasteiger partial charge is 0.251 e. The Balaban J connectivity index is 2.18. The second kappa shape index (κ2) is 9.34. The fourth-order valence-electron chi connectivity index (χ4n) is 2.23. The van der Waals surface area contributed by atoms with E-state index in [2.05, 4.69) is 12.2 Å². The van der Waals surface area contributed by atoms with Gasteiger partial charge in [-0.3, -0.25) is 4.79 Å². The highest BCUT2D eigenvalue weighted by molar-refractivity contribution is 5.80. The van der Waals surface area contributed by atoms with Crippen molar-refractivity contribution in [3.63, 3.8) is 0 Å². The van der Waals surface area contributed by atoms with Crippen LogP contribution in [-0.2, 0) is 9.53 Å². The predicted molar refractivity (Wildman–Crippen MR) is 73.6 cm³/mol. The topological polar surface area (TPSA) is 41.6 Å². The molecule has 0 aromatic heterocycles. The molecule has 1 heterocycles. The Kier molecular flexibility index (Phi) is 8.01. The Morgan fingerprint density at radius 2 is 1.89 bits per heavy atom. The lowest BCUT2D eigenvalue weighted by molar-refractivity contribution is -0.142. The van der Waals surface area contributed by atoms with Crippen LogP contribution in [0.2, 0.25) is 0 Å². The number of ether oxygens (including phenoxy) is 1. The molecule has 0 aliphatic carbocycles. The van der Waals surface area contributed by atoms with Gasteiger partial charge >= 0.3 is 0 Å². The van der Waals surface area contributed by atoms with E-state index in [9.17, 15) is 4.79 Å². The van der Waals surface area contributed by atoms with Crippen molar-refractivity contribution in [3.8, 4) is 0 Å². The van der Waals surface area contributed by atoms with E-state index in [1.807, 2.05) is 11.8 Å². The van der Waals surface area contributed by atoms with Crippen LogP contribution in [0.4, 0.5) is 0 Å². The Bertz CT molecular complexity index is 226. The summed E-state index contributed by atoms with van der Waals surface area (Å²) in [5.41, 5.74) is 0. The van der Waals surface area contributed by atoms with Gasteiger partial charge in [-0.1, -0.05) is 19.8 Å². The van der Waals surface area contributed by atoms with Gasteiger partial charge in [0.2, 0.25) is 0 Å². The highest BCUT2D eigenvalue weighted by atomic mass is 16.5. The number of likely N-dealkylation sites (tertiary alicyclic amines) is 1. The highest BCUT2D eigenvalue weighted by Gasteiger charge is 2.21. The van der Waals surface area contributed by atoms with Crippen LogP contribution < -0.4 is 5.32 Å². The summed E-state index contributed by atoms with van der Waals surface area (Å²) in [6.07, 6.45) is 5.60. The zero-order valence-electron chi connectivity index (χ0n) is 11.9. The largest absolute Gasteiger partial charge is 0.367 e. The summed E-state index contributed by atoms with van der Waals surface area (Å²) in [5, 5.41) is 3.27. The van der Waals surface area contributed by atoms with E-state index in [4.69, 9.17) is 4.74 Å². The number of hydrogen-bond acceptors (Lipinski definition) is 3. The molecule has 1 aliphatic heterocycles. The summed E-state index contributed by atoms with van der Waals surface area (Å²) in [4.78, 5) is 14.1. The minimum Gasteiger partial charge on any atom is -0.367 e. The molecule has 1 rings (SSSR count). The summed E-state index contributed by atoms with van der Waals surface area (Å²) in [6.45, 7) is 8.26. The Morgan fingerprint density at radius 3 is 2.50 bits per heavy atom. The van der Waals surface area contributed by atoms with Crippen LogP contribution in [0.15, 0.2) is 0 Å². The molecular formula is C14H28N2O2. The summed E-state index contributed by atoms with van der Waals surface area (Å²) in [6, 6.07) is 0. The van der Waals surface area contributed by atoms with Gasteiger partial charge in [-0.25, -0.2) is 0 Å². The average molecular weight is 256 g/mol. The van der Waals surface area contributed by atoms with E-state index in [0.717, 1.165) is 45.4 Å². The van der Waals surface area contributed by atoms with E-state index in [1.54, 1.807) is 0 Å². The van der Waals surface area contributed by atoms with Gasteiger partial charge in [0, 0.05) is 19.6 Å². The fourth-order valence-corrected chi connectivity index (χ4v) is 2.23. The summed E-state index contributed by atoms with van der Waals surface area (Å²) in [7, 11) is 0. The van der Waals surface area contributed by atoms with Gasteiger partial charge in [-0.2, -0.15) is 0 Å². The average Bonchev–Trinajstić information content (AvgIpc) is 2.66. The quantitative estimate of drug-likeness (QED) is 0.706. The molecular weight excluding hydrogens is 228 g/mol. The van der Waals surface area contributed by atoms with Crippen molar-refractivity contribution in [1.29, 1.82) is 0 Å². The lowest BCUT2D eigenvalue weighted by Crippen LogP contribution is -2.40. The molecule has 0 bridgehead atoms. The second-order valence-corrected chi connectivity index (χ2v) is 5.00. The minimum atomic E-state index is -0.300. The molecule has 0 radical (unpaired) electrons. The molecule has 1 aliphatic rings. The Labute approximate surface area is 111 Å². The van der Waals surface area contributed by atoms with Crippen LogP contribution >= 0.6 is 0 Å². The van der Waals surface area contributed by atoms with E-state index >= 15 is 0 Å². The van der Waals surface area contributed by atoms with Crippen LogP contribution in [0.1, 0.15) is 46.0 Å². The van der Waals surface area contributed by atoms with Crippen molar-refractivity contribution in [2.45, 2.75) is 52.1 Å². The molecule has 4 nitrogen and oxygen atoms in total. The molecule has 1 saturated heterocycles. The van der Waals surface area contributed by atoms with Crippen molar-refractivity contribution < 1.29 is 9.53 Å². The second-order valence-electron chi connectivity index (χ2n) is 5.00. The first-order chi connectivity index (χ1) is 8.75. The molecule has 1 atom stereocenters. The molecule has 18 heavy (non-hydrogen) atoms. The standard InChI is InChI=1S/C14H28N2O2/c1-3-8-15-9-12-18-13(2)14(17)16-10-6-4-5-7-11-16/h13,15H,3-12H2,1-2H3. The lowest BCUT2D eigenvalue weighted by atomic mass is 10.2. The Hall–Kier alpha value is -0.610.